The predicted molar refractivity (Wildman–Crippen MR) is 81.9 cm³/mol. The van der Waals surface area contributed by atoms with E-state index in [-0.39, 0.29) is 0 Å². The minimum absolute atomic E-state index is 0.436. The second kappa shape index (κ2) is 5.41. The van der Waals surface area contributed by atoms with Crippen LogP contribution in [-0.2, 0) is 19.9 Å². The Labute approximate surface area is 121 Å². The first-order chi connectivity index (χ1) is 9.65. The molecule has 0 saturated heterocycles. The zero-order chi connectivity index (χ0) is 14.1. The van der Waals surface area contributed by atoms with E-state index in [2.05, 4.69) is 54.0 Å². The lowest BCUT2D eigenvalue weighted by Crippen LogP contribution is -2.31. The SMILES string of the molecule is Cc1ccc(C)c(CCC2NCCc3ncn(C)c32)c1. The Balaban J connectivity index is 1.76. The molecule has 0 fully saturated rings. The van der Waals surface area contributed by atoms with Crippen LogP contribution in [0.1, 0.15) is 40.5 Å². The molecule has 106 valence electrons. The van der Waals surface area contributed by atoms with Gasteiger partial charge in [-0.05, 0) is 37.8 Å². The molecule has 1 aliphatic rings. The van der Waals surface area contributed by atoms with Crippen molar-refractivity contribution >= 4 is 0 Å². The summed E-state index contributed by atoms with van der Waals surface area (Å²) in [7, 11) is 2.10. The zero-order valence-corrected chi connectivity index (χ0v) is 12.6. The van der Waals surface area contributed by atoms with Gasteiger partial charge in [-0.15, -0.1) is 0 Å². The maximum atomic E-state index is 4.52. The largest absolute Gasteiger partial charge is 0.336 e. The Kier molecular flexibility index (Phi) is 3.62. The molecule has 2 heterocycles. The molecule has 0 aliphatic carbocycles. The molecule has 0 amide bonds. The number of hydrogen-bond acceptors (Lipinski definition) is 2. The lowest BCUT2D eigenvalue weighted by atomic mass is 9.95. The number of fused-ring (bicyclic) bond motifs is 1. The fourth-order valence-corrected chi connectivity index (χ4v) is 3.20. The highest BCUT2D eigenvalue weighted by atomic mass is 15.1. The van der Waals surface area contributed by atoms with E-state index in [1.165, 1.54) is 28.1 Å². The van der Waals surface area contributed by atoms with Crippen LogP contribution in [0.25, 0.3) is 0 Å². The van der Waals surface area contributed by atoms with Gasteiger partial charge in [-0.1, -0.05) is 23.8 Å². The summed E-state index contributed by atoms with van der Waals surface area (Å²) in [4.78, 5) is 4.52. The van der Waals surface area contributed by atoms with E-state index in [1.807, 2.05) is 6.33 Å². The minimum Gasteiger partial charge on any atom is -0.336 e. The van der Waals surface area contributed by atoms with E-state index >= 15 is 0 Å². The fraction of sp³-hybridized carbons (Fsp3) is 0.471. The highest BCUT2D eigenvalue weighted by Gasteiger charge is 2.23. The van der Waals surface area contributed by atoms with Crippen molar-refractivity contribution in [2.24, 2.45) is 7.05 Å². The molecule has 20 heavy (non-hydrogen) atoms. The molecule has 3 nitrogen and oxygen atoms in total. The van der Waals surface area contributed by atoms with Crippen LogP contribution >= 0.6 is 0 Å². The number of hydrogen-bond donors (Lipinski definition) is 1. The summed E-state index contributed by atoms with van der Waals surface area (Å²) in [6.45, 7) is 5.42. The highest BCUT2D eigenvalue weighted by Crippen LogP contribution is 2.26. The molecule has 0 bridgehead atoms. The number of benzene rings is 1. The molecule has 3 heteroatoms. The van der Waals surface area contributed by atoms with E-state index < -0.39 is 0 Å². The molecule has 1 atom stereocenters. The van der Waals surface area contributed by atoms with Gasteiger partial charge in [0, 0.05) is 26.1 Å². The van der Waals surface area contributed by atoms with Gasteiger partial charge in [-0.2, -0.15) is 0 Å². The van der Waals surface area contributed by atoms with Gasteiger partial charge in [0.05, 0.1) is 17.7 Å². The number of nitrogens with zero attached hydrogens (tertiary/aromatic N) is 2. The highest BCUT2D eigenvalue weighted by molar-refractivity contribution is 5.31. The second-order valence-electron chi connectivity index (χ2n) is 5.91. The topological polar surface area (TPSA) is 29.9 Å². The normalized spacial score (nSPS) is 18.1. The lowest BCUT2D eigenvalue weighted by Gasteiger charge is -2.25. The molecule has 0 spiro atoms. The molecule has 1 N–H and O–H groups in total. The van der Waals surface area contributed by atoms with Crippen molar-refractivity contribution < 1.29 is 0 Å². The Morgan fingerprint density at radius 2 is 2.20 bits per heavy atom. The molecule has 1 aromatic carbocycles. The van der Waals surface area contributed by atoms with Gasteiger partial charge >= 0.3 is 0 Å². The van der Waals surface area contributed by atoms with Crippen molar-refractivity contribution in [2.75, 3.05) is 6.54 Å². The first-order valence-corrected chi connectivity index (χ1v) is 7.45. The quantitative estimate of drug-likeness (QED) is 0.928. The molecule has 0 saturated carbocycles. The van der Waals surface area contributed by atoms with Gasteiger partial charge in [0.25, 0.3) is 0 Å². The molecule has 3 rings (SSSR count). The first-order valence-electron chi connectivity index (χ1n) is 7.45. The van der Waals surface area contributed by atoms with Crippen LogP contribution in [0.2, 0.25) is 0 Å². The summed E-state index contributed by atoms with van der Waals surface area (Å²) in [6, 6.07) is 7.18. The summed E-state index contributed by atoms with van der Waals surface area (Å²) in [5.41, 5.74) is 6.87. The van der Waals surface area contributed by atoms with Gasteiger partial charge in [0.1, 0.15) is 0 Å². The average molecular weight is 269 g/mol. The van der Waals surface area contributed by atoms with E-state index in [1.54, 1.807) is 0 Å². The van der Waals surface area contributed by atoms with Gasteiger partial charge < -0.3 is 9.88 Å². The fourth-order valence-electron chi connectivity index (χ4n) is 3.20. The van der Waals surface area contributed by atoms with Crippen LogP contribution in [0.5, 0.6) is 0 Å². The van der Waals surface area contributed by atoms with Crippen LogP contribution in [0.4, 0.5) is 0 Å². The van der Waals surface area contributed by atoms with Crippen molar-refractivity contribution in [2.45, 2.75) is 39.2 Å². The number of rotatable bonds is 3. The number of nitrogens with one attached hydrogen (secondary N) is 1. The van der Waals surface area contributed by atoms with Crippen molar-refractivity contribution in [3.63, 3.8) is 0 Å². The van der Waals surface area contributed by atoms with Crippen LogP contribution in [0, 0.1) is 13.8 Å². The van der Waals surface area contributed by atoms with Crippen LogP contribution in [0.3, 0.4) is 0 Å². The van der Waals surface area contributed by atoms with Gasteiger partial charge in [0.2, 0.25) is 0 Å². The maximum absolute atomic E-state index is 4.52. The summed E-state index contributed by atoms with van der Waals surface area (Å²) in [5, 5.41) is 3.65. The summed E-state index contributed by atoms with van der Waals surface area (Å²) >= 11 is 0. The Morgan fingerprint density at radius 1 is 1.35 bits per heavy atom. The van der Waals surface area contributed by atoms with Crippen LogP contribution in [0.15, 0.2) is 24.5 Å². The maximum Gasteiger partial charge on any atom is 0.0949 e. The van der Waals surface area contributed by atoms with Crippen molar-refractivity contribution in [3.8, 4) is 0 Å². The number of imidazole rings is 1. The third kappa shape index (κ3) is 2.50. The van der Waals surface area contributed by atoms with Crippen LogP contribution in [-0.4, -0.2) is 16.1 Å². The van der Waals surface area contributed by atoms with E-state index in [0.717, 1.165) is 25.8 Å². The molecule has 1 aromatic heterocycles. The average Bonchev–Trinajstić information content (AvgIpc) is 2.82. The lowest BCUT2D eigenvalue weighted by molar-refractivity contribution is 0.451. The summed E-state index contributed by atoms with van der Waals surface area (Å²) in [6.07, 6.45) is 5.26. The van der Waals surface area contributed by atoms with Crippen LogP contribution < -0.4 is 5.32 Å². The Hall–Kier alpha value is -1.61. The summed E-state index contributed by atoms with van der Waals surface area (Å²) < 4.78 is 2.18. The van der Waals surface area contributed by atoms with Crippen molar-refractivity contribution in [1.82, 2.24) is 14.9 Å². The van der Waals surface area contributed by atoms with Gasteiger partial charge in [-0.25, -0.2) is 4.98 Å². The second-order valence-corrected chi connectivity index (χ2v) is 5.91. The molecule has 1 unspecified atom stereocenters. The third-order valence-electron chi connectivity index (χ3n) is 4.35. The van der Waals surface area contributed by atoms with E-state index in [4.69, 9.17) is 0 Å². The Bertz CT molecular complexity index is 613. The predicted octanol–water partition coefficient (Wildman–Crippen LogP) is 2.86. The number of aryl methyl sites for hydroxylation is 4. The van der Waals surface area contributed by atoms with Gasteiger partial charge in [0.15, 0.2) is 0 Å². The van der Waals surface area contributed by atoms with E-state index in [0.29, 0.717) is 6.04 Å². The van der Waals surface area contributed by atoms with Crippen molar-refractivity contribution in [3.05, 3.63) is 52.6 Å². The van der Waals surface area contributed by atoms with E-state index in [9.17, 15) is 0 Å². The molecular formula is C17H23N3. The minimum atomic E-state index is 0.436. The first kappa shape index (κ1) is 13.4. The zero-order valence-electron chi connectivity index (χ0n) is 12.6. The molecule has 1 aliphatic heterocycles. The molecule has 2 aromatic rings. The molecular weight excluding hydrogens is 246 g/mol. The Morgan fingerprint density at radius 3 is 3.05 bits per heavy atom. The number of aromatic nitrogens is 2. The third-order valence-corrected chi connectivity index (χ3v) is 4.35. The smallest absolute Gasteiger partial charge is 0.0949 e. The monoisotopic (exact) mass is 269 g/mol. The molecule has 0 radical (unpaired) electrons. The van der Waals surface area contributed by atoms with Crippen molar-refractivity contribution in [1.29, 1.82) is 0 Å². The standard InChI is InChI=1S/C17H23N3/c1-12-4-5-13(2)14(10-12)6-7-15-17-16(8-9-18-15)19-11-20(17)3/h4-5,10-11,15,18H,6-9H2,1-3H3. The summed E-state index contributed by atoms with van der Waals surface area (Å²) in [5.74, 6) is 0. The van der Waals surface area contributed by atoms with Gasteiger partial charge in [-0.3, -0.25) is 0 Å².